The molecule has 0 bridgehead atoms. The quantitative estimate of drug-likeness (QED) is 0.608. The number of nitrogens with two attached hydrogens (primary N) is 1. The highest BCUT2D eigenvalue weighted by Gasteiger charge is 2.19. The van der Waals surface area contributed by atoms with Gasteiger partial charge >= 0.3 is 0 Å². The van der Waals surface area contributed by atoms with Crippen LogP contribution in [-0.2, 0) is 6.42 Å². The number of ketones is 1. The molecule has 0 unspecified atom stereocenters. The highest BCUT2D eigenvalue weighted by Crippen LogP contribution is 2.30. The van der Waals surface area contributed by atoms with Crippen molar-refractivity contribution in [3.05, 3.63) is 29.3 Å². The largest absolute Gasteiger partial charge is 0.492 e. The number of hydrogen-bond acceptors (Lipinski definition) is 3. The molecule has 16 heavy (non-hydrogen) atoms. The number of Topliss-reactive ketones (excluding diaryl/α,β-unsaturated/α-hetero) is 1. The van der Waals surface area contributed by atoms with Gasteiger partial charge in [0.15, 0.2) is 5.78 Å². The lowest BCUT2D eigenvalue weighted by atomic mass is 10.0. The van der Waals surface area contributed by atoms with Crippen molar-refractivity contribution in [2.75, 3.05) is 13.2 Å². The Labute approximate surface area is 95.6 Å². The van der Waals surface area contributed by atoms with Gasteiger partial charge in [0.05, 0.1) is 12.2 Å². The first-order valence-corrected chi connectivity index (χ1v) is 5.81. The van der Waals surface area contributed by atoms with E-state index in [9.17, 15) is 4.79 Å². The van der Waals surface area contributed by atoms with Crippen LogP contribution in [-0.4, -0.2) is 18.9 Å². The summed E-state index contributed by atoms with van der Waals surface area (Å²) in [6.07, 6.45) is 3.25. The zero-order valence-corrected chi connectivity index (χ0v) is 9.37. The maximum atomic E-state index is 12.0. The summed E-state index contributed by atoms with van der Waals surface area (Å²) in [6, 6.07) is 5.82. The van der Waals surface area contributed by atoms with Gasteiger partial charge in [-0.25, -0.2) is 0 Å². The van der Waals surface area contributed by atoms with Crippen LogP contribution in [0.4, 0.5) is 0 Å². The molecule has 2 rings (SSSR count). The number of benzene rings is 1. The molecule has 0 fully saturated rings. The van der Waals surface area contributed by atoms with Gasteiger partial charge in [0.1, 0.15) is 5.75 Å². The minimum atomic E-state index is 0.173. The number of para-hydroxylation sites is 1. The second kappa shape index (κ2) is 5.12. The second-order valence-electron chi connectivity index (χ2n) is 4.06. The van der Waals surface area contributed by atoms with Crippen molar-refractivity contribution in [2.45, 2.75) is 25.7 Å². The highest BCUT2D eigenvalue weighted by atomic mass is 16.5. The van der Waals surface area contributed by atoms with E-state index >= 15 is 0 Å². The molecule has 1 heterocycles. The van der Waals surface area contributed by atoms with Crippen molar-refractivity contribution >= 4 is 5.78 Å². The molecule has 1 aliphatic heterocycles. The number of carbonyl (C=O) groups excluding carboxylic acids is 1. The van der Waals surface area contributed by atoms with Crippen molar-refractivity contribution < 1.29 is 9.53 Å². The molecular formula is C13H17NO2. The number of rotatable bonds is 5. The third kappa shape index (κ3) is 2.25. The van der Waals surface area contributed by atoms with E-state index in [2.05, 4.69) is 0 Å². The Kier molecular flexibility index (Phi) is 3.57. The Morgan fingerprint density at radius 1 is 1.38 bits per heavy atom. The van der Waals surface area contributed by atoms with Crippen LogP contribution in [0, 0.1) is 0 Å². The van der Waals surface area contributed by atoms with E-state index in [-0.39, 0.29) is 5.78 Å². The van der Waals surface area contributed by atoms with Gasteiger partial charge in [-0.2, -0.15) is 0 Å². The van der Waals surface area contributed by atoms with Crippen molar-refractivity contribution in [1.82, 2.24) is 0 Å². The molecule has 86 valence electrons. The summed E-state index contributed by atoms with van der Waals surface area (Å²) in [7, 11) is 0. The van der Waals surface area contributed by atoms with Crippen LogP contribution in [0.2, 0.25) is 0 Å². The van der Waals surface area contributed by atoms with E-state index in [4.69, 9.17) is 10.5 Å². The fourth-order valence-corrected chi connectivity index (χ4v) is 2.00. The van der Waals surface area contributed by atoms with E-state index < -0.39 is 0 Å². The first-order chi connectivity index (χ1) is 7.83. The fraction of sp³-hybridized carbons (Fsp3) is 0.462. The van der Waals surface area contributed by atoms with Crippen LogP contribution < -0.4 is 10.5 Å². The van der Waals surface area contributed by atoms with Gasteiger partial charge < -0.3 is 10.5 Å². The van der Waals surface area contributed by atoms with E-state index in [1.54, 1.807) is 0 Å². The number of ether oxygens (including phenoxy) is 1. The summed E-state index contributed by atoms with van der Waals surface area (Å²) in [4.78, 5) is 12.0. The topological polar surface area (TPSA) is 52.3 Å². The fourth-order valence-electron chi connectivity index (χ4n) is 2.00. The molecule has 0 aliphatic carbocycles. The first-order valence-electron chi connectivity index (χ1n) is 5.81. The lowest BCUT2D eigenvalue weighted by molar-refractivity contribution is 0.0976. The average Bonchev–Trinajstić information content (AvgIpc) is 2.76. The van der Waals surface area contributed by atoms with Gasteiger partial charge in [-0.05, 0) is 31.0 Å². The van der Waals surface area contributed by atoms with Gasteiger partial charge in [0.25, 0.3) is 0 Å². The minimum Gasteiger partial charge on any atom is -0.492 e. The highest BCUT2D eigenvalue weighted by molar-refractivity contribution is 5.99. The normalized spacial score (nSPS) is 13.3. The lowest BCUT2D eigenvalue weighted by Crippen LogP contribution is -2.04. The maximum Gasteiger partial charge on any atom is 0.166 e. The molecule has 3 heteroatoms. The van der Waals surface area contributed by atoms with Crippen molar-refractivity contribution in [1.29, 1.82) is 0 Å². The molecule has 0 spiro atoms. The predicted octanol–water partition coefficient (Wildman–Crippen LogP) is 1.93. The third-order valence-corrected chi connectivity index (χ3v) is 2.87. The average molecular weight is 219 g/mol. The van der Waals surface area contributed by atoms with Gasteiger partial charge in [-0.3, -0.25) is 4.79 Å². The Balaban J connectivity index is 2.09. The van der Waals surface area contributed by atoms with Crippen molar-refractivity contribution in [2.24, 2.45) is 5.73 Å². The summed E-state index contributed by atoms with van der Waals surface area (Å²) in [5.74, 6) is 0.979. The molecule has 0 aromatic heterocycles. The molecule has 0 saturated heterocycles. The number of carbonyl (C=O) groups is 1. The lowest BCUT2D eigenvalue weighted by Gasteiger charge is -2.06. The van der Waals surface area contributed by atoms with Gasteiger partial charge in [0.2, 0.25) is 0 Å². The summed E-state index contributed by atoms with van der Waals surface area (Å²) < 4.78 is 5.51. The number of fused-ring (bicyclic) bond motifs is 1. The summed E-state index contributed by atoms with van der Waals surface area (Å²) in [5.41, 5.74) is 7.31. The smallest absolute Gasteiger partial charge is 0.166 e. The van der Waals surface area contributed by atoms with Gasteiger partial charge in [0, 0.05) is 12.8 Å². The van der Waals surface area contributed by atoms with Crippen molar-refractivity contribution in [3.8, 4) is 5.75 Å². The van der Waals surface area contributed by atoms with E-state index in [1.807, 2.05) is 18.2 Å². The van der Waals surface area contributed by atoms with Crippen LogP contribution in [0.5, 0.6) is 5.75 Å². The van der Waals surface area contributed by atoms with Gasteiger partial charge in [-0.1, -0.05) is 12.1 Å². The molecule has 1 aliphatic rings. The molecule has 3 nitrogen and oxygen atoms in total. The van der Waals surface area contributed by atoms with Crippen LogP contribution in [0.1, 0.15) is 35.2 Å². The molecule has 0 amide bonds. The molecular weight excluding hydrogens is 202 g/mol. The Bertz CT molecular complexity index is 388. The maximum absolute atomic E-state index is 12.0. The standard InChI is InChI=1S/C13H17NO2/c14-8-2-1-6-12(15)11-5-3-4-10-7-9-16-13(10)11/h3-5H,1-2,6-9,14H2. The summed E-state index contributed by atoms with van der Waals surface area (Å²) in [6.45, 7) is 1.35. The molecule has 2 N–H and O–H groups in total. The van der Waals surface area contributed by atoms with Crippen LogP contribution in [0.25, 0.3) is 0 Å². The molecule has 1 aromatic carbocycles. The van der Waals surface area contributed by atoms with E-state index in [1.165, 1.54) is 0 Å². The predicted molar refractivity (Wildman–Crippen MR) is 62.9 cm³/mol. The van der Waals surface area contributed by atoms with Gasteiger partial charge in [-0.15, -0.1) is 0 Å². The van der Waals surface area contributed by atoms with Crippen LogP contribution in [0.3, 0.4) is 0 Å². The molecule has 0 saturated carbocycles. The van der Waals surface area contributed by atoms with E-state index in [0.717, 1.165) is 36.1 Å². The number of unbranched alkanes of at least 4 members (excludes halogenated alkanes) is 1. The zero-order valence-electron chi connectivity index (χ0n) is 9.37. The SMILES string of the molecule is NCCCCC(=O)c1cccc2c1OCC2. The van der Waals surface area contributed by atoms with Crippen LogP contribution >= 0.6 is 0 Å². The Hall–Kier alpha value is -1.35. The Morgan fingerprint density at radius 2 is 2.25 bits per heavy atom. The zero-order chi connectivity index (χ0) is 11.4. The summed E-state index contributed by atoms with van der Waals surface area (Å²) >= 11 is 0. The molecule has 0 atom stereocenters. The first kappa shape index (κ1) is 11.1. The molecule has 0 radical (unpaired) electrons. The van der Waals surface area contributed by atoms with E-state index in [0.29, 0.717) is 19.6 Å². The third-order valence-electron chi connectivity index (χ3n) is 2.87. The van der Waals surface area contributed by atoms with Crippen LogP contribution in [0.15, 0.2) is 18.2 Å². The molecule has 1 aromatic rings. The Morgan fingerprint density at radius 3 is 3.06 bits per heavy atom. The summed E-state index contributed by atoms with van der Waals surface area (Å²) in [5, 5.41) is 0. The second-order valence-corrected chi connectivity index (χ2v) is 4.06. The van der Waals surface area contributed by atoms with Crippen molar-refractivity contribution in [3.63, 3.8) is 0 Å². The number of hydrogen-bond donors (Lipinski definition) is 1. The monoisotopic (exact) mass is 219 g/mol. The minimum absolute atomic E-state index is 0.173.